The molecule has 1 atom stereocenters. The van der Waals surface area contributed by atoms with Gasteiger partial charge in [0, 0.05) is 11.3 Å². The van der Waals surface area contributed by atoms with Gasteiger partial charge in [-0.05, 0) is 49.6 Å². The Morgan fingerprint density at radius 3 is 2.43 bits per heavy atom. The molecule has 0 aliphatic carbocycles. The summed E-state index contributed by atoms with van der Waals surface area (Å²) in [6.07, 6.45) is 0.172. The number of anilines is 1. The van der Waals surface area contributed by atoms with E-state index in [1.165, 1.54) is 0 Å². The number of hydrogen-bond acceptors (Lipinski definition) is 6. The lowest BCUT2D eigenvalue weighted by atomic mass is 10.0. The summed E-state index contributed by atoms with van der Waals surface area (Å²) < 4.78 is 10.6. The minimum absolute atomic E-state index is 0.293. The number of carbonyl (C=O) groups is 1. The molecule has 0 fully saturated rings. The molecule has 0 bridgehead atoms. The van der Waals surface area contributed by atoms with Crippen LogP contribution in [-0.4, -0.2) is 29.5 Å². The number of ether oxygens (including phenoxy) is 2. The van der Waals surface area contributed by atoms with Crippen LogP contribution in [-0.2, 0) is 11.2 Å². The zero-order valence-corrected chi connectivity index (χ0v) is 17.2. The van der Waals surface area contributed by atoms with Crippen LogP contribution in [0, 0.1) is 0 Å². The zero-order chi connectivity index (χ0) is 21.3. The van der Waals surface area contributed by atoms with E-state index in [1.54, 1.807) is 19.1 Å². The number of hydrogen-bond donors (Lipinski definition) is 2. The summed E-state index contributed by atoms with van der Waals surface area (Å²) in [6.45, 7) is 4.44. The van der Waals surface area contributed by atoms with E-state index >= 15 is 0 Å². The molecule has 7 nitrogen and oxygen atoms in total. The second-order valence-electron chi connectivity index (χ2n) is 6.64. The molecule has 3 aromatic rings. The topological polar surface area (TPSA) is 99.4 Å². The first-order valence-electron chi connectivity index (χ1n) is 9.94. The smallest absolute Gasteiger partial charge is 0.411 e. The van der Waals surface area contributed by atoms with Crippen molar-refractivity contribution in [1.82, 2.24) is 10.2 Å². The molecule has 1 heterocycles. The predicted molar refractivity (Wildman–Crippen MR) is 116 cm³/mol. The first kappa shape index (κ1) is 21.3. The van der Waals surface area contributed by atoms with Gasteiger partial charge >= 0.3 is 6.09 Å². The fourth-order valence-corrected chi connectivity index (χ4v) is 3.02. The van der Waals surface area contributed by atoms with Crippen molar-refractivity contribution in [2.75, 3.05) is 18.5 Å². The van der Waals surface area contributed by atoms with E-state index in [9.17, 15) is 4.79 Å². The molecule has 156 valence electrons. The van der Waals surface area contributed by atoms with Gasteiger partial charge < -0.3 is 15.2 Å². The normalized spacial score (nSPS) is 11.6. The highest BCUT2D eigenvalue weighted by Gasteiger charge is 2.16. The molecule has 0 saturated carbocycles. The first-order valence-corrected chi connectivity index (χ1v) is 9.94. The number of aromatic nitrogens is 2. The van der Waals surface area contributed by atoms with Gasteiger partial charge in [-0.3, -0.25) is 5.32 Å². The van der Waals surface area contributed by atoms with Gasteiger partial charge in [-0.1, -0.05) is 42.5 Å². The molecule has 0 aliphatic heterocycles. The van der Waals surface area contributed by atoms with Crippen LogP contribution in [0.15, 0.2) is 60.7 Å². The third-order valence-electron chi connectivity index (χ3n) is 4.46. The van der Waals surface area contributed by atoms with Gasteiger partial charge in [0.2, 0.25) is 5.88 Å². The van der Waals surface area contributed by atoms with Crippen molar-refractivity contribution >= 4 is 11.8 Å². The van der Waals surface area contributed by atoms with E-state index in [0.717, 1.165) is 16.7 Å². The summed E-state index contributed by atoms with van der Waals surface area (Å²) in [5.41, 5.74) is 10.5. The summed E-state index contributed by atoms with van der Waals surface area (Å²) >= 11 is 0. The van der Waals surface area contributed by atoms with E-state index < -0.39 is 6.09 Å². The Morgan fingerprint density at radius 2 is 1.77 bits per heavy atom. The lowest BCUT2D eigenvalue weighted by Gasteiger charge is -2.15. The van der Waals surface area contributed by atoms with Crippen LogP contribution in [0.5, 0.6) is 5.88 Å². The third kappa shape index (κ3) is 5.55. The quantitative estimate of drug-likeness (QED) is 0.577. The second kappa shape index (κ2) is 10.4. The van der Waals surface area contributed by atoms with Gasteiger partial charge in [0.15, 0.2) is 0 Å². The van der Waals surface area contributed by atoms with Crippen LogP contribution in [0.3, 0.4) is 0 Å². The fraction of sp³-hybridized carbons (Fsp3) is 0.261. The Kier molecular flexibility index (Phi) is 7.34. The molecule has 7 heteroatoms. The van der Waals surface area contributed by atoms with Crippen LogP contribution in [0.2, 0.25) is 0 Å². The minimum Gasteiger partial charge on any atom is -0.476 e. The highest BCUT2D eigenvalue weighted by Crippen LogP contribution is 2.31. The highest BCUT2D eigenvalue weighted by atomic mass is 16.5. The van der Waals surface area contributed by atoms with Crippen LogP contribution < -0.4 is 15.8 Å². The molecule has 1 amide bonds. The summed E-state index contributed by atoms with van der Waals surface area (Å²) in [7, 11) is 0. The van der Waals surface area contributed by atoms with E-state index in [0.29, 0.717) is 36.9 Å². The van der Waals surface area contributed by atoms with Gasteiger partial charge in [-0.2, -0.15) is 5.10 Å². The zero-order valence-electron chi connectivity index (χ0n) is 17.2. The molecular weight excluding hydrogens is 380 g/mol. The maximum atomic E-state index is 11.6. The highest BCUT2D eigenvalue weighted by molar-refractivity contribution is 5.85. The maximum absolute atomic E-state index is 11.6. The van der Waals surface area contributed by atoms with E-state index in [4.69, 9.17) is 15.2 Å². The number of carbonyl (C=O) groups excluding carboxylic acids is 1. The Morgan fingerprint density at radius 1 is 1.03 bits per heavy atom. The number of rotatable bonds is 8. The van der Waals surface area contributed by atoms with Crippen molar-refractivity contribution in [2.24, 2.45) is 5.73 Å². The van der Waals surface area contributed by atoms with Crippen molar-refractivity contribution < 1.29 is 14.3 Å². The molecular formula is C23H26N4O3. The fourth-order valence-electron chi connectivity index (χ4n) is 3.02. The number of nitrogens with one attached hydrogen (secondary N) is 1. The molecule has 3 rings (SSSR count). The van der Waals surface area contributed by atoms with Gasteiger partial charge in [0.25, 0.3) is 0 Å². The Bertz CT molecular complexity index is 962. The standard InChI is InChI=1S/C23H26N4O3/c1-3-29-22-19(17-10-12-18(13-11-17)25-23(28)30-4-2)15-21(26-27-22)20(24)14-16-8-6-5-7-9-16/h5-13,15,20H,3-4,14,24H2,1-2H3,(H,25,28). The first-order chi connectivity index (χ1) is 14.6. The number of benzene rings is 2. The van der Waals surface area contributed by atoms with Gasteiger partial charge in [-0.15, -0.1) is 5.10 Å². The van der Waals surface area contributed by atoms with Gasteiger partial charge in [-0.25, -0.2) is 4.79 Å². The largest absolute Gasteiger partial charge is 0.476 e. The van der Waals surface area contributed by atoms with E-state index in [2.05, 4.69) is 15.5 Å². The van der Waals surface area contributed by atoms with Crippen LogP contribution in [0.4, 0.5) is 10.5 Å². The van der Waals surface area contributed by atoms with Crippen LogP contribution >= 0.6 is 0 Å². The average molecular weight is 406 g/mol. The second-order valence-corrected chi connectivity index (χ2v) is 6.64. The van der Waals surface area contributed by atoms with Crippen LogP contribution in [0.25, 0.3) is 11.1 Å². The minimum atomic E-state index is -0.486. The number of nitrogens with zero attached hydrogens (tertiary/aromatic N) is 2. The van der Waals surface area contributed by atoms with Crippen molar-refractivity contribution in [3.05, 3.63) is 71.9 Å². The molecule has 0 aliphatic rings. The van der Waals surface area contributed by atoms with Crippen molar-refractivity contribution in [1.29, 1.82) is 0 Å². The van der Waals surface area contributed by atoms with Crippen LogP contribution in [0.1, 0.15) is 31.1 Å². The molecule has 30 heavy (non-hydrogen) atoms. The van der Waals surface area contributed by atoms with E-state index in [-0.39, 0.29) is 6.04 Å². The Labute approximate surface area is 176 Å². The lowest BCUT2D eigenvalue weighted by molar-refractivity contribution is 0.168. The van der Waals surface area contributed by atoms with E-state index in [1.807, 2.05) is 55.5 Å². The monoisotopic (exact) mass is 406 g/mol. The molecule has 0 radical (unpaired) electrons. The number of nitrogens with two attached hydrogens (primary N) is 1. The molecule has 2 aromatic carbocycles. The Hall–Kier alpha value is -3.45. The molecule has 3 N–H and O–H groups in total. The van der Waals surface area contributed by atoms with Crippen molar-refractivity contribution in [2.45, 2.75) is 26.3 Å². The molecule has 0 saturated heterocycles. The summed E-state index contributed by atoms with van der Waals surface area (Å²) in [6, 6.07) is 19.0. The van der Waals surface area contributed by atoms with Gasteiger partial charge in [0.05, 0.1) is 24.9 Å². The predicted octanol–water partition coefficient (Wildman–Crippen LogP) is 4.35. The average Bonchev–Trinajstić information content (AvgIpc) is 2.76. The van der Waals surface area contributed by atoms with Crippen molar-refractivity contribution in [3.63, 3.8) is 0 Å². The molecule has 1 unspecified atom stereocenters. The Balaban J connectivity index is 1.84. The summed E-state index contributed by atoms with van der Waals surface area (Å²) in [5, 5.41) is 11.2. The number of amides is 1. The third-order valence-corrected chi connectivity index (χ3v) is 4.46. The lowest BCUT2D eigenvalue weighted by Crippen LogP contribution is -2.16. The van der Waals surface area contributed by atoms with Crippen molar-refractivity contribution in [3.8, 4) is 17.0 Å². The molecule has 0 spiro atoms. The maximum Gasteiger partial charge on any atom is 0.411 e. The summed E-state index contributed by atoms with van der Waals surface area (Å²) in [4.78, 5) is 11.6. The summed E-state index contributed by atoms with van der Waals surface area (Å²) in [5.74, 6) is 0.444. The SMILES string of the molecule is CCOC(=O)Nc1ccc(-c2cc(C(N)Cc3ccccc3)nnc2OCC)cc1. The molecule has 1 aromatic heterocycles. The van der Waals surface area contributed by atoms with Gasteiger partial charge in [0.1, 0.15) is 0 Å².